The second-order valence-corrected chi connectivity index (χ2v) is 7.00. The number of rotatable bonds is 0. The minimum atomic E-state index is 1.10. The molecule has 1 heterocycles. The van der Waals surface area contributed by atoms with Crippen molar-refractivity contribution < 1.29 is 0 Å². The molecule has 0 aliphatic rings. The second kappa shape index (κ2) is 5.83. The Morgan fingerprint density at radius 1 is 0.520 bits per heavy atom. The first-order valence-electron chi connectivity index (χ1n) is 8.31. The molecule has 1 aromatic heterocycles. The number of fused-ring (bicyclic) bond motifs is 1. The third kappa shape index (κ3) is 2.43. The molecule has 0 amide bonds. The van der Waals surface area contributed by atoms with Gasteiger partial charge in [0.25, 0.3) is 0 Å². The van der Waals surface area contributed by atoms with Crippen LogP contribution in [-0.2, 0) is 0 Å². The summed E-state index contributed by atoms with van der Waals surface area (Å²) in [6.07, 6.45) is 0. The summed E-state index contributed by atoms with van der Waals surface area (Å²) >= 11 is 1.68. The van der Waals surface area contributed by atoms with Crippen molar-refractivity contribution in [2.75, 3.05) is 0 Å². The smallest absolute Gasteiger partial charge is 0.0812 e. The number of aromatic nitrogens is 1. The number of para-hydroxylation sites is 1. The Morgan fingerprint density at radius 3 is 1.56 bits per heavy atom. The standard InChI is InChI=1S/C16H10.C7H5NS/c1-3-11-7-9-13-5-2-6-14-10-8-12(4-1)15(11)16(13)14;1-2-4-7-6(3-1)8-5-9-7/h1-10H;1-5H. The van der Waals surface area contributed by atoms with Crippen LogP contribution in [-0.4, -0.2) is 4.98 Å². The zero-order valence-corrected chi connectivity index (χ0v) is 14.3. The van der Waals surface area contributed by atoms with E-state index in [1.165, 1.54) is 37.0 Å². The second-order valence-electron chi connectivity index (χ2n) is 6.11. The molecule has 6 aromatic rings. The normalized spacial score (nSPS) is 11.2. The fourth-order valence-electron chi connectivity index (χ4n) is 3.47. The molecule has 0 N–H and O–H groups in total. The van der Waals surface area contributed by atoms with Crippen molar-refractivity contribution in [3.63, 3.8) is 0 Å². The predicted octanol–water partition coefficient (Wildman–Crippen LogP) is 6.88. The first-order valence-corrected chi connectivity index (χ1v) is 9.19. The Bertz CT molecular complexity index is 1140. The Labute approximate surface area is 149 Å². The van der Waals surface area contributed by atoms with Crippen molar-refractivity contribution in [3.05, 3.63) is 90.4 Å². The monoisotopic (exact) mass is 337 g/mol. The van der Waals surface area contributed by atoms with Crippen LogP contribution in [0.5, 0.6) is 0 Å². The van der Waals surface area contributed by atoms with Crippen molar-refractivity contribution in [3.8, 4) is 0 Å². The van der Waals surface area contributed by atoms with Crippen LogP contribution in [0.2, 0.25) is 0 Å². The van der Waals surface area contributed by atoms with Gasteiger partial charge in [0.05, 0.1) is 15.7 Å². The van der Waals surface area contributed by atoms with Gasteiger partial charge in [-0.2, -0.15) is 0 Å². The van der Waals surface area contributed by atoms with Gasteiger partial charge in [0.1, 0.15) is 0 Å². The van der Waals surface area contributed by atoms with Gasteiger partial charge in [-0.05, 0) is 44.5 Å². The largest absolute Gasteiger partial charge is 0.245 e. The van der Waals surface area contributed by atoms with E-state index in [0.717, 1.165) is 5.52 Å². The van der Waals surface area contributed by atoms with E-state index in [0.29, 0.717) is 0 Å². The molecule has 0 atom stereocenters. The molecule has 0 aliphatic carbocycles. The molecule has 0 aliphatic heterocycles. The highest BCUT2D eigenvalue weighted by molar-refractivity contribution is 7.16. The summed E-state index contributed by atoms with van der Waals surface area (Å²) in [7, 11) is 0. The molecule has 0 spiro atoms. The van der Waals surface area contributed by atoms with Crippen molar-refractivity contribution in [2.45, 2.75) is 0 Å². The molecule has 0 fully saturated rings. The molecule has 0 unspecified atom stereocenters. The van der Waals surface area contributed by atoms with E-state index in [2.05, 4.69) is 71.7 Å². The van der Waals surface area contributed by atoms with Gasteiger partial charge < -0.3 is 0 Å². The quantitative estimate of drug-likeness (QED) is 0.275. The highest BCUT2D eigenvalue weighted by atomic mass is 32.1. The number of hydrogen-bond donors (Lipinski definition) is 0. The molecule has 6 rings (SSSR count). The van der Waals surface area contributed by atoms with Gasteiger partial charge in [-0.3, -0.25) is 0 Å². The van der Waals surface area contributed by atoms with Crippen LogP contribution in [0.4, 0.5) is 0 Å². The Balaban J connectivity index is 0.000000132. The lowest BCUT2D eigenvalue weighted by molar-refractivity contribution is 1.50. The molecule has 0 bridgehead atoms. The van der Waals surface area contributed by atoms with Crippen LogP contribution in [0, 0.1) is 0 Å². The molecule has 118 valence electrons. The average Bonchev–Trinajstić information content (AvgIpc) is 3.16. The Hall–Kier alpha value is -2.97. The SMILES string of the molecule is c1cc2ccc3cccc4ccc(c1)c2c34.c1ccc2scnc2c1. The predicted molar refractivity (Wildman–Crippen MR) is 110 cm³/mol. The van der Waals surface area contributed by atoms with Gasteiger partial charge >= 0.3 is 0 Å². The lowest BCUT2D eigenvalue weighted by Gasteiger charge is -2.09. The van der Waals surface area contributed by atoms with Crippen LogP contribution < -0.4 is 0 Å². The van der Waals surface area contributed by atoms with Crippen molar-refractivity contribution in [2.24, 2.45) is 0 Å². The summed E-state index contributed by atoms with van der Waals surface area (Å²) in [6, 6.07) is 30.0. The molecule has 0 saturated carbocycles. The Kier molecular flexibility index (Phi) is 3.36. The van der Waals surface area contributed by atoms with Crippen molar-refractivity contribution in [1.82, 2.24) is 4.98 Å². The Morgan fingerprint density at radius 2 is 1.04 bits per heavy atom. The zero-order valence-electron chi connectivity index (χ0n) is 13.5. The maximum absolute atomic E-state index is 4.14. The number of thiazole rings is 1. The summed E-state index contributed by atoms with van der Waals surface area (Å²) in [5, 5.41) is 8.14. The summed E-state index contributed by atoms with van der Waals surface area (Å²) in [5.74, 6) is 0. The van der Waals surface area contributed by atoms with Gasteiger partial charge in [0.15, 0.2) is 0 Å². The van der Waals surface area contributed by atoms with Crippen LogP contribution in [0.3, 0.4) is 0 Å². The highest BCUT2D eigenvalue weighted by Gasteiger charge is 2.05. The van der Waals surface area contributed by atoms with E-state index in [1.807, 2.05) is 23.7 Å². The molecular formula is C23H15NS. The minimum Gasteiger partial charge on any atom is -0.245 e. The fourth-order valence-corrected chi connectivity index (χ4v) is 4.15. The van der Waals surface area contributed by atoms with Gasteiger partial charge in [0.2, 0.25) is 0 Å². The molecule has 5 aromatic carbocycles. The third-order valence-electron chi connectivity index (χ3n) is 4.63. The maximum atomic E-state index is 4.14. The van der Waals surface area contributed by atoms with E-state index in [4.69, 9.17) is 0 Å². The maximum Gasteiger partial charge on any atom is 0.0812 e. The summed E-state index contributed by atoms with van der Waals surface area (Å²) in [4.78, 5) is 4.14. The molecule has 0 saturated heterocycles. The van der Waals surface area contributed by atoms with E-state index in [-0.39, 0.29) is 0 Å². The summed E-state index contributed by atoms with van der Waals surface area (Å²) in [5.41, 5.74) is 2.97. The van der Waals surface area contributed by atoms with Gasteiger partial charge in [-0.15, -0.1) is 11.3 Å². The van der Waals surface area contributed by atoms with Crippen LogP contribution in [0.1, 0.15) is 0 Å². The zero-order chi connectivity index (χ0) is 16.6. The van der Waals surface area contributed by atoms with Gasteiger partial charge in [-0.25, -0.2) is 4.98 Å². The van der Waals surface area contributed by atoms with Crippen LogP contribution in [0.15, 0.2) is 90.4 Å². The van der Waals surface area contributed by atoms with Crippen LogP contribution >= 0.6 is 11.3 Å². The van der Waals surface area contributed by atoms with E-state index >= 15 is 0 Å². The number of benzene rings is 5. The van der Waals surface area contributed by atoms with E-state index < -0.39 is 0 Å². The average molecular weight is 337 g/mol. The first-order chi connectivity index (χ1) is 12.4. The molecular weight excluding hydrogens is 322 g/mol. The van der Waals surface area contributed by atoms with Crippen LogP contribution in [0.25, 0.3) is 42.5 Å². The molecule has 1 nitrogen and oxygen atoms in total. The molecule has 0 radical (unpaired) electrons. The minimum absolute atomic E-state index is 1.10. The van der Waals surface area contributed by atoms with Crippen molar-refractivity contribution in [1.29, 1.82) is 0 Å². The van der Waals surface area contributed by atoms with Gasteiger partial charge in [-0.1, -0.05) is 72.8 Å². The summed E-state index contributed by atoms with van der Waals surface area (Å²) in [6.45, 7) is 0. The molecule has 25 heavy (non-hydrogen) atoms. The summed E-state index contributed by atoms with van der Waals surface area (Å²) < 4.78 is 1.26. The number of hydrogen-bond acceptors (Lipinski definition) is 2. The first kappa shape index (κ1) is 14.4. The molecule has 2 heteroatoms. The third-order valence-corrected chi connectivity index (χ3v) is 5.44. The lowest BCUT2D eigenvalue weighted by atomic mass is 9.95. The van der Waals surface area contributed by atoms with E-state index in [9.17, 15) is 0 Å². The fraction of sp³-hybridized carbons (Fsp3) is 0. The van der Waals surface area contributed by atoms with Gasteiger partial charge in [0, 0.05) is 0 Å². The van der Waals surface area contributed by atoms with Crippen molar-refractivity contribution >= 4 is 53.9 Å². The van der Waals surface area contributed by atoms with E-state index in [1.54, 1.807) is 11.3 Å². The highest BCUT2D eigenvalue weighted by Crippen LogP contribution is 2.33. The number of nitrogens with zero attached hydrogens (tertiary/aromatic N) is 1. The topological polar surface area (TPSA) is 12.9 Å². The lowest BCUT2D eigenvalue weighted by Crippen LogP contribution is -1.82.